The lowest BCUT2D eigenvalue weighted by Crippen LogP contribution is -2.38. The van der Waals surface area contributed by atoms with Crippen LogP contribution in [0.25, 0.3) is 11.1 Å². The van der Waals surface area contributed by atoms with Gasteiger partial charge in [-0.1, -0.05) is 0 Å². The Kier molecular flexibility index (Phi) is 3.89. The van der Waals surface area contributed by atoms with Gasteiger partial charge in [0.25, 0.3) is 0 Å². The van der Waals surface area contributed by atoms with Crippen LogP contribution in [0.15, 0.2) is 22.6 Å². The van der Waals surface area contributed by atoms with Gasteiger partial charge in [0.2, 0.25) is 5.89 Å². The lowest BCUT2D eigenvalue weighted by atomic mass is 10.3. The molecule has 0 fully saturated rings. The molecule has 0 unspecified atom stereocenters. The fourth-order valence-corrected chi connectivity index (χ4v) is 1.88. The molecule has 7 heteroatoms. The summed E-state index contributed by atoms with van der Waals surface area (Å²) in [5.41, 5.74) is 7.23. The lowest BCUT2D eigenvalue weighted by molar-refractivity contribution is -0.151. The van der Waals surface area contributed by atoms with E-state index in [-0.39, 0.29) is 18.5 Å². The number of benzene rings is 1. The molecule has 0 spiro atoms. The topological polar surface area (TPSA) is 55.3 Å². The van der Waals surface area contributed by atoms with Crippen molar-refractivity contribution in [3.63, 3.8) is 0 Å². The van der Waals surface area contributed by atoms with E-state index in [1.165, 1.54) is 4.90 Å². The Morgan fingerprint density at radius 2 is 2.05 bits per heavy atom. The number of hydrogen-bond donors (Lipinski definition) is 1. The van der Waals surface area contributed by atoms with Crippen LogP contribution in [-0.2, 0) is 6.54 Å². The highest BCUT2D eigenvalue weighted by molar-refractivity contribution is 5.76. The van der Waals surface area contributed by atoms with Crippen molar-refractivity contribution in [2.24, 2.45) is 0 Å². The van der Waals surface area contributed by atoms with Crippen molar-refractivity contribution < 1.29 is 17.6 Å². The van der Waals surface area contributed by atoms with Crippen LogP contribution in [-0.4, -0.2) is 28.6 Å². The van der Waals surface area contributed by atoms with Crippen molar-refractivity contribution >= 4 is 16.8 Å². The zero-order chi connectivity index (χ0) is 14.9. The second-order valence-electron chi connectivity index (χ2n) is 4.95. The molecular formula is C13H16F3N3O. The van der Waals surface area contributed by atoms with Crippen LogP contribution in [0.1, 0.15) is 19.7 Å². The van der Waals surface area contributed by atoms with Crippen LogP contribution in [0, 0.1) is 0 Å². The summed E-state index contributed by atoms with van der Waals surface area (Å²) in [6, 6.07) is 4.68. The molecule has 0 aliphatic carbocycles. The van der Waals surface area contributed by atoms with Gasteiger partial charge in [-0.25, -0.2) is 4.98 Å². The van der Waals surface area contributed by atoms with Crippen molar-refractivity contribution in [3.8, 4) is 0 Å². The molecule has 2 N–H and O–H groups in total. The molecule has 20 heavy (non-hydrogen) atoms. The van der Waals surface area contributed by atoms with Crippen molar-refractivity contribution in [2.75, 3.05) is 12.3 Å². The van der Waals surface area contributed by atoms with Gasteiger partial charge in [0, 0.05) is 11.7 Å². The molecule has 0 aliphatic heterocycles. The minimum absolute atomic E-state index is 0.00572. The number of halogens is 3. The normalized spacial score (nSPS) is 12.8. The van der Waals surface area contributed by atoms with Gasteiger partial charge in [-0.2, -0.15) is 13.2 Å². The van der Waals surface area contributed by atoms with Gasteiger partial charge in [-0.3, -0.25) is 4.90 Å². The average Bonchev–Trinajstić information content (AvgIpc) is 2.67. The van der Waals surface area contributed by atoms with E-state index in [0.717, 1.165) is 0 Å². The quantitative estimate of drug-likeness (QED) is 0.877. The molecule has 1 heterocycles. The minimum atomic E-state index is -4.25. The largest absolute Gasteiger partial charge is 0.439 e. The first-order chi connectivity index (χ1) is 9.24. The Labute approximate surface area is 114 Å². The smallest absolute Gasteiger partial charge is 0.401 e. The third kappa shape index (κ3) is 3.63. The van der Waals surface area contributed by atoms with Gasteiger partial charge in [-0.15, -0.1) is 0 Å². The number of alkyl halides is 3. The Bertz CT molecular complexity index is 592. The Morgan fingerprint density at radius 3 is 2.65 bits per heavy atom. The summed E-state index contributed by atoms with van der Waals surface area (Å²) in [5.74, 6) is 0.253. The lowest BCUT2D eigenvalue weighted by Gasteiger charge is -2.25. The molecule has 0 saturated carbocycles. The Hall–Kier alpha value is -1.76. The van der Waals surface area contributed by atoms with Crippen molar-refractivity contribution in [1.82, 2.24) is 9.88 Å². The molecule has 0 saturated heterocycles. The van der Waals surface area contributed by atoms with Gasteiger partial charge in [0.15, 0.2) is 5.58 Å². The molecular weight excluding hydrogens is 271 g/mol. The van der Waals surface area contributed by atoms with Crippen molar-refractivity contribution in [1.29, 1.82) is 0 Å². The van der Waals surface area contributed by atoms with E-state index in [9.17, 15) is 13.2 Å². The molecule has 110 valence electrons. The SMILES string of the molecule is CC(C)N(Cc1nc2cc(N)ccc2o1)CC(F)(F)F. The minimum Gasteiger partial charge on any atom is -0.439 e. The maximum atomic E-state index is 12.5. The third-order valence-electron chi connectivity index (χ3n) is 2.91. The number of oxazole rings is 1. The maximum Gasteiger partial charge on any atom is 0.401 e. The predicted octanol–water partition coefficient (Wildman–Crippen LogP) is 3.18. The summed E-state index contributed by atoms with van der Waals surface area (Å²) in [4.78, 5) is 5.43. The van der Waals surface area contributed by atoms with Gasteiger partial charge in [0.1, 0.15) is 5.52 Å². The van der Waals surface area contributed by atoms with Crippen LogP contribution < -0.4 is 5.73 Å². The van der Waals surface area contributed by atoms with Crippen LogP contribution in [0.3, 0.4) is 0 Å². The molecule has 2 aromatic rings. The Morgan fingerprint density at radius 1 is 1.35 bits per heavy atom. The number of rotatable bonds is 4. The molecule has 1 aromatic carbocycles. The van der Waals surface area contributed by atoms with Crippen LogP contribution in [0.4, 0.5) is 18.9 Å². The first-order valence-corrected chi connectivity index (χ1v) is 6.20. The van der Waals surface area contributed by atoms with E-state index < -0.39 is 12.7 Å². The monoisotopic (exact) mass is 287 g/mol. The number of fused-ring (bicyclic) bond motifs is 1. The van der Waals surface area contributed by atoms with Gasteiger partial charge >= 0.3 is 6.18 Å². The number of aromatic nitrogens is 1. The first kappa shape index (κ1) is 14.6. The fourth-order valence-electron chi connectivity index (χ4n) is 1.88. The highest BCUT2D eigenvalue weighted by atomic mass is 19.4. The standard InChI is InChI=1S/C13H16F3N3O/c1-8(2)19(7-13(14,15)16)6-12-18-10-5-9(17)3-4-11(10)20-12/h3-5,8H,6-7,17H2,1-2H3. The zero-order valence-electron chi connectivity index (χ0n) is 11.2. The van der Waals surface area contributed by atoms with Crippen LogP contribution in [0.5, 0.6) is 0 Å². The summed E-state index contributed by atoms with van der Waals surface area (Å²) in [7, 11) is 0. The second kappa shape index (κ2) is 5.32. The molecule has 0 amide bonds. The average molecular weight is 287 g/mol. The number of nitrogen functional groups attached to an aromatic ring is 1. The molecule has 0 aliphatic rings. The van der Waals surface area contributed by atoms with Gasteiger partial charge < -0.3 is 10.2 Å². The molecule has 0 radical (unpaired) electrons. The summed E-state index contributed by atoms with van der Waals surface area (Å²) in [6.07, 6.45) is -4.25. The predicted molar refractivity (Wildman–Crippen MR) is 70.0 cm³/mol. The molecule has 2 rings (SSSR count). The summed E-state index contributed by atoms with van der Waals surface area (Å²) in [5, 5.41) is 0. The van der Waals surface area contributed by atoms with E-state index in [1.807, 2.05) is 0 Å². The zero-order valence-corrected chi connectivity index (χ0v) is 11.2. The van der Waals surface area contributed by atoms with Crippen LogP contribution >= 0.6 is 0 Å². The van der Waals surface area contributed by atoms with Crippen molar-refractivity contribution in [3.05, 3.63) is 24.1 Å². The highest BCUT2D eigenvalue weighted by Gasteiger charge is 2.32. The van der Waals surface area contributed by atoms with Crippen molar-refractivity contribution in [2.45, 2.75) is 32.6 Å². The highest BCUT2D eigenvalue weighted by Crippen LogP contribution is 2.22. The fraction of sp³-hybridized carbons (Fsp3) is 0.462. The third-order valence-corrected chi connectivity index (χ3v) is 2.91. The summed E-state index contributed by atoms with van der Waals surface area (Å²) >= 11 is 0. The number of nitrogens with two attached hydrogens (primary N) is 1. The van der Waals surface area contributed by atoms with E-state index >= 15 is 0 Å². The molecule has 4 nitrogen and oxygen atoms in total. The first-order valence-electron chi connectivity index (χ1n) is 6.20. The van der Waals surface area contributed by atoms with Gasteiger partial charge in [0.05, 0.1) is 13.1 Å². The summed E-state index contributed by atoms with van der Waals surface area (Å²) in [6.45, 7) is 2.41. The second-order valence-corrected chi connectivity index (χ2v) is 4.95. The number of nitrogens with zero attached hydrogens (tertiary/aromatic N) is 2. The van der Waals surface area contributed by atoms with E-state index in [2.05, 4.69) is 4.98 Å². The summed E-state index contributed by atoms with van der Waals surface area (Å²) < 4.78 is 43.0. The maximum absolute atomic E-state index is 12.5. The molecule has 0 bridgehead atoms. The number of hydrogen-bond acceptors (Lipinski definition) is 4. The number of anilines is 1. The molecule has 1 aromatic heterocycles. The van der Waals surface area contributed by atoms with E-state index in [4.69, 9.17) is 10.2 Å². The van der Waals surface area contributed by atoms with Crippen LogP contribution in [0.2, 0.25) is 0 Å². The van der Waals surface area contributed by atoms with Gasteiger partial charge in [-0.05, 0) is 32.0 Å². The molecule has 0 atom stereocenters. The van der Waals surface area contributed by atoms with E-state index in [1.54, 1.807) is 32.0 Å². The Balaban J connectivity index is 2.20. The van der Waals surface area contributed by atoms with E-state index in [0.29, 0.717) is 16.8 Å².